The van der Waals surface area contributed by atoms with Crippen molar-refractivity contribution < 1.29 is 33.3 Å². The number of unbranched alkanes of at least 4 members (excludes halogenated alkanes) is 1. The summed E-state index contributed by atoms with van der Waals surface area (Å²) in [5.74, 6) is 1.25. The van der Waals surface area contributed by atoms with E-state index in [1.165, 1.54) is 0 Å². The third-order valence-electron chi connectivity index (χ3n) is 5.21. The van der Waals surface area contributed by atoms with Crippen molar-refractivity contribution >= 4 is 11.9 Å². The Morgan fingerprint density at radius 3 is 1.97 bits per heavy atom. The molecule has 0 bridgehead atoms. The van der Waals surface area contributed by atoms with Gasteiger partial charge in [-0.3, -0.25) is 0 Å². The zero-order valence-electron chi connectivity index (χ0n) is 21.0. The first-order chi connectivity index (χ1) is 17.5. The predicted molar refractivity (Wildman–Crippen MR) is 136 cm³/mol. The van der Waals surface area contributed by atoms with Crippen molar-refractivity contribution in [1.82, 2.24) is 0 Å². The van der Waals surface area contributed by atoms with E-state index >= 15 is 0 Å². The molecule has 0 radical (unpaired) electrons. The van der Waals surface area contributed by atoms with Crippen LogP contribution < -0.4 is 9.47 Å². The normalized spacial score (nSPS) is 13.0. The molecule has 0 aromatic heterocycles. The van der Waals surface area contributed by atoms with Gasteiger partial charge in [-0.2, -0.15) is 0 Å². The summed E-state index contributed by atoms with van der Waals surface area (Å²) in [6.07, 6.45) is 7.25. The summed E-state index contributed by atoms with van der Waals surface area (Å²) in [5.41, 5.74) is 1.71. The molecule has 3 rings (SSSR count). The van der Waals surface area contributed by atoms with Gasteiger partial charge in [-0.25, -0.2) is 9.59 Å². The highest BCUT2D eigenvalue weighted by atomic mass is 16.5. The Balaban J connectivity index is 1.57. The topological polar surface area (TPSA) is 80.3 Å². The van der Waals surface area contributed by atoms with Crippen LogP contribution in [-0.2, 0) is 14.2 Å². The molecule has 1 aliphatic carbocycles. The Kier molecular flexibility index (Phi) is 10.3. The second-order valence-electron chi connectivity index (χ2n) is 8.18. The van der Waals surface area contributed by atoms with Crippen molar-refractivity contribution in [3.8, 4) is 11.5 Å². The number of methoxy groups -OCH3 is 1. The molecule has 0 unspecified atom stereocenters. The second kappa shape index (κ2) is 13.9. The van der Waals surface area contributed by atoms with Crippen LogP contribution >= 0.6 is 0 Å². The van der Waals surface area contributed by atoms with Gasteiger partial charge in [0.2, 0.25) is 0 Å². The van der Waals surface area contributed by atoms with Gasteiger partial charge in [0.05, 0.1) is 24.3 Å². The summed E-state index contributed by atoms with van der Waals surface area (Å²) in [7, 11) is 1.68. The fourth-order valence-corrected chi connectivity index (χ4v) is 3.41. The maximum atomic E-state index is 12.6. The third-order valence-corrected chi connectivity index (χ3v) is 5.21. The van der Waals surface area contributed by atoms with Crippen LogP contribution in [0, 0.1) is 0 Å². The summed E-state index contributed by atoms with van der Waals surface area (Å²) in [6, 6.07) is 13.6. The fourth-order valence-electron chi connectivity index (χ4n) is 3.41. The largest absolute Gasteiger partial charge is 0.494 e. The molecule has 7 nitrogen and oxygen atoms in total. The Morgan fingerprint density at radius 1 is 0.778 bits per heavy atom. The van der Waals surface area contributed by atoms with Crippen molar-refractivity contribution in [1.29, 1.82) is 0 Å². The minimum absolute atomic E-state index is 0.364. The number of ether oxygens (including phenoxy) is 5. The minimum Gasteiger partial charge on any atom is -0.494 e. The SMILES string of the molecule is CCOc1ccc(C(=O)OC2=CC=C(OC(=O)c3ccc(OCCCCOC)cc3)C=C(C)C2)cc1. The first-order valence-electron chi connectivity index (χ1n) is 12.0. The van der Waals surface area contributed by atoms with Crippen LogP contribution in [-0.4, -0.2) is 38.9 Å². The van der Waals surface area contributed by atoms with Crippen LogP contribution in [0.5, 0.6) is 11.5 Å². The average Bonchev–Trinajstić information content (AvgIpc) is 3.05. The molecular formula is C29H32O7. The maximum absolute atomic E-state index is 12.6. The molecule has 2 aromatic carbocycles. The number of carbonyl (C=O) groups excluding carboxylic acids is 2. The molecule has 1 aliphatic rings. The summed E-state index contributed by atoms with van der Waals surface area (Å²) in [5, 5.41) is 0. The highest BCUT2D eigenvalue weighted by Gasteiger charge is 2.15. The number of hydrogen-bond donors (Lipinski definition) is 0. The van der Waals surface area contributed by atoms with Crippen LogP contribution in [0.4, 0.5) is 0 Å². The molecule has 0 aliphatic heterocycles. The predicted octanol–water partition coefficient (Wildman–Crippen LogP) is 6.02. The first-order valence-corrected chi connectivity index (χ1v) is 12.0. The highest BCUT2D eigenvalue weighted by molar-refractivity contribution is 5.91. The van der Waals surface area contributed by atoms with E-state index < -0.39 is 11.9 Å². The summed E-state index contributed by atoms with van der Waals surface area (Å²) < 4.78 is 27.2. The molecule has 36 heavy (non-hydrogen) atoms. The molecule has 7 heteroatoms. The summed E-state index contributed by atoms with van der Waals surface area (Å²) in [6.45, 7) is 5.62. The molecule has 0 amide bonds. The maximum Gasteiger partial charge on any atom is 0.343 e. The molecule has 0 spiro atoms. The Labute approximate surface area is 212 Å². The Bertz CT molecular complexity index is 1110. The lowest BCUT2D eigenvalue weighted by Gasteiger charge is -2.09. The van der Waals surface area contributed by atoms with Crippen LogP contribution in [0.3, 0.4) is 0 Å². The van der Waals surface area contributed by atoms with Gasteiger partial charge < -0.3 is 23.7 Å². The average molecular weight is 493 g/mol. The van der Waals surface area contributed by atoms with Gasteiger partial charge in [0.25, 0.3) is 0 Å². The molecule has 0 heterocycles. The molecule has 2 aromatic rings. The molecule has 0 saturated carbocycles. The van der Waals surface area contributed by atoms with E-state index in [0.717, 1.165) is 18.4 Å². The van der Waals surface area contributed by atoms with Gasteiger partial charge in [0.1, 0.15) is 23.0 Å². The van der Waals surface area contributed by atoms with E-state index in [2.05, 4.69) is 0 Å². The van der Waals surface area contributed by atoms with E-state index in [9.17, 15) is 9.59 Å². The van der Waals surface area contributed by atoms with Crippen LogP contribution in [0.15, 0.2) is 83.9 Å². The molecule has 0 atom stereocenters. The smallest absolute Gasteiger partial charge is 0.343 e. The number of carbonyl (C=O) groups is 2. The lowest BCUT2D eigenvalue weighted by Crippen LogP contribution is -2.05. The van der Waals surface area contributed by atoms with E-state index in [-0.39, 0.29) is 0 Å². The van der Waals surface area contributed by atoms with Crippen molar-refractivity contribution in [2.45, 2.75) is 33.1 Å². The van der Waals surface area contributed by atoms with E-state index in [4.69, 9.17) is 23.7 Å². The molecule has 190 valence electrons. The quantitative estimate of drug-likeness (QED) is 0.265. The van der Waals surface area contributed by atoms with Crippen LogP contribution in [0.25, 0.3) is 0 Å². The monoisotopic (exact) mass is 492 g/mol. The molecular weight excluding hydrogens is 460 g/mol. The first kappa shape index (κ1) is 26.8. The molecule has 0 fully saturated rings. The number of rotatable bonds is 12. The number of allylic oxidation sites excluding steroid dienone is 4. The Morgan fingerprint density at radius 2 is 1.36 bits per heavy atom. The van der Waals surface area contributed by atoms with Crippen molar-refractivity contribution in [2.24, 2.45) is 0 Å². The number of benzene rings is 2. The minimum atomic E-state index is -0.486. The van der Waals surface area contributed by atoms with E-state index in [1.807, 2.05) is 13.8 Å². The van der Waals surface area contributed by atoms with Gasteiger partial charge in [-0.1, -0.05) is 5.57 Å². The fraction of sp³-hybridized carbons (Fsp3) is 0.310. The standard InChI is InChI=1S/C29H32O7/c1-4-33-24-11-7-22(8-12-24)28(30)35-26-15-16-27(20-21(2)19-26)36-29(31)23-9-13-25(14-10-23)34-18-6-5-17-32-3/h7-16,20H,4-6,17-19H2,1-3H3. The zero-order chi connectivity index (χ0) is 25.8. The van der Waals surface area contributed by atoms with Crippen molar-refractivity contribution in [3.05, 3.63) is 95.0 Å². The Hall–Kier alpha value is -3.84. The molecule has 0 saturated heterocycles. The number of hydrogen-bond acceptors (Lipinski definition) is 7. The lowest BCUT2D eigenvalue weighted by molar-refractivity contribution is 0.0613. The third kappa shape index (κ3) is 8.43. The second-order valence-corrected chi connectivity index (χ2v) is 8.18. The summed E-state index contributed by atoms with van der Waals surface area (Å²) >= 11 is 0. The molecule has 0 N–H and O–H groups in total. The van der Waals surface area contributed by atoms with E-state index in [1.54, 1.807) is 73.9 Å². The van der Waals surface area contributed by atoms with Crippen LogP contribution in [0.2, 0.25) is 0 Å². The van der Waals surface area contributed by atoms with Gasteiger partial charge in [0.15, 0.2) is 0 Å². The van der Waals surface area contributed by atoms with Gasteiger partial charge in [-0.15, -0.1) is 0 Å². The van der Waals surface area contributed by atoms with Gasteiger partial charge >= 0.3 is 11.9 Å². The number of esters is 2. The van der Waals surface area contributed by atoms with Gasteiger partial charge in [0, 0.05) is 20.1 Å². The summed E-state index contributed by atoms with van der Waals surface area (Å²) in [4.78, 5) is 25.2. The van der Waals surface area contributed by atoms with Crippen LogP contribution in [0.1, 0.15) is 53.8 Å². The zero-order valence-corrected chi connectivity index (χ0v) is 21.0. The van der Waals surface area contributed by atoms with E-state index in [0.29, 0.717) is 60.4 Å². The lowest BCUT2D eigenvalue weighted by atomic mass is 10.2. The van der Waals surface area contributed by atoms with Crippen molar-refractivity contribution in [3.63, 3.8) is 0 Å². The van der Waals surface area contributed by atoms with Crippen molar-refractivity contribution in [2.75, 3.05) is 26.9 Å². The highest BCUT2D eigenvalue weighted by Crippen LogP contribution is 2.22. The van der Waals surface area contributed by atoms with Gasteiger partial charge in [-0.05, 0) is 93.4 Å².